The van der Waals surface area contributed by atoms with E-state index >= 15 is 0 Å². The summed E-state index contributed by atoms with van der Waals surface area (Å²) in [6.07, 6.45) is 0.553. The summed E-state index contributed by atoms with van der Waals surface area (Å²) in [5, 5.41) is 15.4. The largest absolute Gasteiger partial charge is 0.493 e. The molecule has 0 spiro atoms. The minimum Gasteiger partial charge on any atom is -0.493 e. The molecule has 11 heteroatoms. The van der Waals surface area contributed by atoms with Crippen molar-refractivity contribution < 1.29 is 23.7 Å². The second-order valence-electron chi connectivity index (χ2n) is 7.98. The Labute approximate surface area is 197 Å². The second-order valence-corrected chi connectivity index (χ2v) is 7.98. The maximum Gasteiger partial charge on any atom is 0.272 e. The third kappa shape index (κ3) is 4.68. The molecule has 1 aliphatic heterocycles. The first-order valence-corrected chi connectivity index (χ1v) is 10.8. The zero-order chi connectivity index (χ0) is 24.2. The molecule has 3 aromatic rings. The van der Waals surface area contributed by atoms with E-state index < -0.39 is 0 Å². The topological polar surface area (TPSA) is 115 Å². The number of hydrogen-bond acceptors (Lipinski definition) is 9. The van der Waals surface area contributed by atoms with Gasteiger partial charge in [0, 0.05) is 38.7 Å². The van der Waals surface area contributed by atoms with Crippen LogP contribution in [-0.2, 0) is 0 Å². The number of hydrogen-bond donors (Lipinski definition) is 1. The van der Waals surface area contributed by atoms with E-state index in [1.165, 1.54) is 0 Å². The quantitative estimate of drug-likeness (QED) is 0.531. The molecular weight excluding hydrogens is 440 g/mol. The van der Waals surface area contributed by atoms with Crippen LogP contribution in [0, 0.1) is 0 Å². The fraction of sp³-hybridized carbons (Fsp3) is 0.391. The molecule has 180 valence electrons. The van der Waals surface area contributed by atoms with Gasteiger partial charge in [-0.1, -0.05) is 0 Å². The van der Waals surface area contributed by atoms with Crippen molar-refractivity contribution >= 4 is 11.7 Å². The number of amides is 1. The molecule has 0 aliphatic carbocycles. The van der Waals surface area contributed by atoms with Crippen molar-refractivity contribution in [3.63, 3.8) is 0 Å². The van der Waals surface area contributed by atoms with E-state index in [0.717, 1.165) is 11.4 Å². The molecule has 0 bridgehead atoms. The summed E-state index contributed by atoms with van der Waals surface area (Å²) in [5.74, 6) is 2.55. The number of carbonyl (C=O) groups is 1. The zero-order valence-corrected chi connectivity index (χ0v) is 19.9. The van der Waals surface area contributed by atoms with E-state index in [9.17, 15) is 4.79 Å². The number of carbonyl (C=O) groups excluding carboxylic acids is 1. The molecule has 34 heavy (non-hydrogen) atoms. The van der Waals surface area contributed by atoms with Crippen molar-refractivity contribution in [3.05, 3.63) is 36.0 Å². The van der Waals surface area contributed by atoms with Crippen LogP contribution in [0.2, 0.25) is 0 Å². The Morgan fingerprint density at radius 2 is 1.79 bits per heavy atom. The molecule has 1 atom stereocenters. The molecule has 1 N–H and O–H groups in total. The zero-order valence-electron chi connectivity index (χ0n) is 19.9. The monoisotopic (exact) mass is 468 g/mol. The van der Waals surface area contributed by atoms with E-state index in [1.807, 2.05) is 25.1 Å². The molecule has 1 amide bonds. The van der Waals surface area contributed by atoms with Gasteiger partial charge in [-0.3, -0.25) is 9.89 Å². The number of aromatic amines is 1. The van der Waals surface area contributed by atoms with Gasteiger partial charge in [0.1, 0.15) is 11.8 Å². The first-order valence-electron chi connectivity index (χ1n) is 10.8. The van der Waals surface area contributed by atoms with Crippen LogP contribution >= 0.6 is 0 Å². The molecule has 1 unspecified atom stereocenters. The van der Waals surface area contributed by atoms with Gasteiger partial charge in [0.15, 0.2) is 17.3 Å². The number of rotatable bonds is 8. The number of methoxy groups -OCH3 is 3. The van der Waals surface area contributed by atoms with Crippen LogP contribution in [0.3, 0.4) is 0 Å². The highest BCUT2D eigenvalue weighted by Crippen LogP contribution is 2.40. The van der Waals surface area contributed by atoms with Gasteiger partial charge in [-0.25, -0.2) is 0 Å². The Balaban J connectivity index is 1.44. The number of H-pyrrole nitrogens is 1. The highest BCUT2D eigenvalue weighted by molar-refractivity contribution is 5.93. The first kappa shape index (κ1) is 23.1. The highest BCUT2D eigenvalue weighted by atomic mass is 16.5. The van der Waals surface area contributed by atoms with Crippen molar-refractivity contribution in [2.45, 2.75) is 12.5 Å². The molecule has 1 aliphatic rings. The van der Waals surface area contributed by atoms with Crippen LogP contribution in [0.1, 0.15) is 16.9 Å². The van der Waals surface area contributed by atoms with E-state index in [4.69, 9.17) is 18.9 Å². The van der Waals surface area contributed by atoms with Gasteiger partial charge in [-0.15, -0.1) is 10.2 Å². The molecule has 11 nitrogen and oxygen atoms in total. The van der Waals surface area contributed by atoms with Crippen molar-refractivity contribution in [2.24, 2.45) is 0 Å². The predicted octanol–water partition coefficient (Wildman–Crippen LogP) is 2.25. The molecule has 4 rings (SSSR count). The van der Waals surface area contributed by atoms with E-state index in [-0.39, 0.29) is 12.0 Å². The molecule has 1 fully saturated rings. The highest BCUT2D eigenvalue weighted by Gasteiger charge is 2.30. The number of nitrogens with one attached hydrogen (secondary N) is 1. The summed E-state index contributed by atoms with van der Waals surface area (Å²) < 4.78 is 22.1. The van der Waals surface area contributed by atoms with Gasteiger partial charge in [-0.2, -0.15) is 5.10 Å². The number of anilines is 1. The van der Waals surface area contributed by atoms with Gasteiger partial charge in [0.25, 0.3) is 5.91 Å². The molecule has 0 radical (unpaired) electrons. The summed E-state index contributed by atoms with van der Waals surface area (Å²) in [4.78, 5) is 16.7. The number of benzene rings is 1. The lowest BCUT2D eigenvalue weighted by Gasteiger charge is -2.16. The molecular formula is C23H28N6O5. The van der Waals surface area contributed by atoms with E-state index in [0.29, 0.717) is 54.0 Å². The Morgan fingerprint density at radius 3 is 2.38 bits per heavy atom. The van der Waals surface area contributed by atoms with Gasteiger partial charge >= 0.3 is 0 Å². The predicted molar refractivity (Wildman–Crippen MR) is 125 cm³/mol. The third-order valence-electron chi connectivity index (χ3n) is 5.57. The Morgan fingerprint density at radius 1 is 1.06 bits per heavy atom. The fourth-order valence-electron chi connectivity index (χ4n) is 3.77. The molecule has 0 saturated carbocycles. The summed E-state index contributed by atoms with van der Waals surface area (Å²) in [6.45, 7) is 1.03. The lowest BCUT2D eigenvalue weighted by Crippen LogP contribution is -2.31. The third-order valence-corrected chi connectivity index (χ3v) is 5.57. The molecule has 1 aromatic carbocycles. The number of likely N-dealkylation sites (tertiary alicyclic amines) is 1. The summed E-state index contributed by atoms with van der Waals surface area (Å²) in [5.41, 5.74) is 1.71. The van der Waals surface area contributed by atoms with E-state index in [1.54, 1.807) is 50.5 Å². The molecule has 1 saturated heterocycles. The lowest BCUT2D eigenvalue weighted by atomic mass is 10.1. The number of nitrogens with zero attached hydrogens (tertiary/aromatic N) is 5. The van der Waals surface area contributed by atoms with Crippen molar-refractivity contribution in [1.82, 2.24) is 25.3 Å². The summed E-state index contributed by atoms with van der Waals surface area (Å²) >= 11 is 0. The van der Waals surface area contributed by atoms with Crippen LogP contribution < -0.4 is 23.8 Å². The SMILES string of the molecule is COc1cc(-c2cc(C(=O)N3CCC(Oc4ccc(N(C)C)nn4)C3)[nH]n2)cc(OC)c1OC. The van der Waals surface area contributed by atoms with Crippen molar-refractivity contribution in [2.75, 3.05) is 53.4 Å². The standard InChI is InChI=1S/C23H28N6O5/c1-28(2)20-6-7-21(27-26-20)34-15-8-9-29(13-15)23(30)17-12-16(24-25-17)14-10-18(31-3)22(33-5)19(11-14)32-4/h6-7,10-12,15H,8-9,13H2,1-5H3,(H,24,25). The van der Waals surface area contributed by atoms with Crippen LogP contribution in [-0.4, -0.2) is 85.8 Å². The smallest absolute Gasteiger partial charge is 0.272 e. The van der Waals surface area contributed by atoms with Gasteiger partial charge in [0.05, 0.1) is 33.6 Å². The Hall–Kier alpha value is -4.02. The Bertz CT molecular complexity index is 1120. The first-order chi connectivity index (χ1) is 16.4. The Kier molecular flexibility index (Phi) is 6.71. The maximum atomic E-state index is 13.1. The molecule has 3 heterocycles. The van der Waals surface area contributed by atoms with Gasteiger partial charge in [0.2, 0.25) is 11.6 Å². The minimum absolute atomic E-state index is 0.147. The fourth-order valence-corrected chi connectivity index (χ4v) is 3.77. The molecule has 2 aromatic heterocycles. The number of aromatic nitrogens is 4. The van der Waals surface area contributed by atoms with Crippen molar-refractivity contribution in [3.8, 4) is 34.4 Å². The number of ether oxygens (including phenoxy) is 4. The summed E-state index contributed by atoms with van der Waals surface area (Å²) in [6, 6.07) is 8.91. The lowest BCUT2D eigenvalue weighted by molar-refractivity contribution is 0.0765. The van der Waals surface area contributed by atoms with E-state index in [2.05, 4.69) is 20.4 Å². The average molecular weight is 469 g/mol. The average Bonchev–Trinajstić information content (AvgIpc) is 3.53. The minimum atomic E-state index is -0.152. The van der Waals surface area contributed by atoms with Crippen LogP contribution in [0.25, 0.3) is 11.3 Å². The second kappa shape index (κ2) is 9.86. The maximum absolute atomic E-state index is 13.1. The van der Waals surface area contributed by atoms with Gasteiger partial charge in [-0.05, 0) is 24.3 Å². The van der Waals surface area contributed by atoms with Crippen LogP contribution in [0.5, 0.6) is 23.1 Å². The summed E-state index contributed by atoms with van der Waals surface area (Å²) in [7, 11) is 8.44. The normalized spacial score (nSPS) is 15.2. The van der Waals surface area contributed by atoms with Crippen LogP contribution in [0.4, 0.5) is 5.82 Å². The van der Waals surface area contributed by atoms with Crippen molar-refractivity contribution in [1.29, 1.82) is 0 Å². The van der Waals surface area contributed by atoms with Crippen LogP contribution in [0.15, 0.2) is 30.3 Å². The van der Waals surface area contributed by atoms with Gasteiger partial charge < -0.3 is 28.7 Å².